The second-order valence-corrected chi connectivity index (χ2v) is 7.80. The number of ether oxygens (including phenoxy) is 1. The van der Waals surface area contributed by atoms with E-state index in [2.05, 4.69) is 10.3 Å². The number of carbonyl (C=O) groups is 1. The lowest BCUT2D eigenvalue weighted by Gasteiger charge is -2.11. The third-order valence-electron chi connectivity index (χ3n) is 4.46. The first-order valence-electron chi connectivity index (χ1n) is 9.79. The molecule has 0 aliphatic heterocycles. The van der Waals surface area contributed by atoms with Gasteiger partial charge in [0.2, 0.25) is 0 Å². The zero-order valence-corrected chi connectivity index (χ0v) is 17.9. The standard InChI is InChI=1S/C23H21N3O4S/c1-3-29-18-10-8-16(9-11-18)23(28)25-19-6-4-5-7-20(19)31-14-17-13-22(27)26-21(24-17)12-15(2)30-26/h4-13H,3,14H2,1-2H3,(H,25,28). The lowest BCUT2D eigenvalue weighted by atomic mass is 10.2. The summed E-state index contributed by atoms with van der Waals surface area (Å²) in [4.78, 5) is 30.3. The molecule has 158 valence electrons. The van der Waals surface area contributed by atoms with Gasteiger partial charge in [-0.25, -0.2) is 4.98 Å². The van der Waals surface area contributed by atoms with E-state index in [0.29, 0.717) is 40.7 Å². The molecular weight excluding hydrogens is 414 g/mol. The average Bonchev–Trinajstić information content (AvgIpc) is 3.15. The number of hydrogen-bond acceptors (Lipinski definition) is 6. The predicted molar refractivity (Wildman–Crippen MR) is 120 cm³/mol. The van der Waals surface area contributed by atoms with Crippen LogP contribution in [0.4, 0.5) is 5.69 Å². The van der Waals surface area contributed by atoms with E-state index >= 15 is 0 Å². The molecular formula is C23H21N3O4S. The van der Waals surface area contributed by atoms with Gasteiger partial charge in [-0.15, -0.1) is 16.3 Å². The molecule has 2 heterocycles. The Morgan fingerprint density at radius 1 is 1.16 bits per heavy atom. The number of carbonyl (C=O) groups excluding carboxylic acids is 1. The van der Waals surface area contributed by atoms with Crippen molar-refractivity contribution in [1.29, 1.82) is 0 Å². The van der Waals surface area contributed by atoms with Crippen LogP contribution in [0.3, 0.4) is 0 Å². The van der Waals surface area contributed by atoms with Gasteiger partial charge in [0.15, 0.2) is 5.65 Å². The lowest BCUT2D eigenvalue weighted by Crippen LogP contribution is -2.13. The van der Waals surface area contributed by atoms with E-state index in [9.17, 15) is 9.59 Å². The first-order chi connectivity index (χ1) is 15.0. The van der Waals surface area contributed by atoms with Crippen LogP contribution in [-0.2, 0) is 5.75 Å². The summed E-state index contributed by atoms with van der Waals surface area (Å²) in [5.41, 5.74) is 2.11. The molecule has 0 unspecified atom stereocenters. The number of hydrogen-bond donors (Lipinski definition) is 1. The zero-order valence-electron chi connectivity index (χ0n) is 17.1. The fourth-order valence-electron chi connectivity index (χ4n) is 3.06. The SMILES string of the molecule is CCOc1ccc(C(=O)Nc2ccccc2SCc2cc(=O)n3oc(C)cc3n2)cc1. The van der Waals surface area contributed by atoms with Crippen molar-refractivity contribution in [1.82, 2.24) is 9.56 Å². The number of aromatic nitrogens is 2. The summed E-state index contributed by atoms with van der Waals surface area (Å²) in [5, 5.41) is 2.96. The summed E-state index contributed by atoms with van der Waals surface area (Å²) in [6.07, 6.45) is 0. The number of benzene rings is 2. The van der Waals surface area contributed by atoms with E-state index in [1.165, 1.54) is 22.4 Å². The molecule has 4 aromatic rings. The number of amides is 1. The fourth-order valence-corrected chi connectivity index (χ4v) is 3.96. The minimum absolute atomic E-state index is 0.206. The van der Waals surface area contributed by atoms with Crippen LogP contribution < -0.4 is 15.6 Å². The summed E-state index contributed by atoms with van der Waals surface area (Å²) in [7, 11) is 0. The van der Waals surface area contributed by atoms with Gasteiger partial charge in [0.1, 0.15) is 11.5 Å². The van der Waals surface area contributed by atoms with Gasteiger partial charge in [0.25, 0.3) is 11.5 Å². The largest absolute Gasteiger partial charge is 0.494 e. The Kier molecular flexibility index (Phi) is 6.08. The number of thioether (sulfide) groups is 1. The quantitative estimate of drug-likeness (QED) is 0.429. The van der Waals surface area contributed by atoms with E-state index in [0.717, 1.165) is 10.6 Å². The molecule has 0 radical (unpaired) electrons. The van der Waals surface area contributed by atoms with Crippen molar-refractivity contribution >= 4 is 29.0 Å². The van der Waals surface area contributed by atoms with Crippen LogP contribution in [0.1, 0.15) is 28.7 Å². The van der Waals surface area contributed by atoms with Gasteiger partial charge in [-0.1, -0.05) is 12.1 Å². The lowest BCUT2D eigenvalue weighted by molar-refractivity contribution is 0.102. The molecule has 0 spiro atoms. The third-order valence-corrected chi connectivity index (χ3v) is 5.57. The molecule has 4 rings (SSSR count). The van der Waals surface area contributed by atoms with E-state index in [1.807, 2.05) is 31.2 Å². The van der Waals surface area contributed by atoms with Gasteiger partial charge in [0.05, 0.1) is 18.0 Å². The number of fused-ring (bicyclic) bond motifs is 1. The summed E-state index contributed by atoms with van der Waals surface area (Å²) >= 11 is 1.49. The van der Waals surface area contributed by atoms with E-state index in [1.54, 1.807) is 37.3 Å². The van der Waals surface area contributed by atoms with Crippen molar-refractivity contribution in [3.63, 3.8) is 0 Å². The molecule has 0 atom stereocenters. The molecule has 7 nitrogen and oxygen atoms in total. The monoisotopic (exact) mass is 435 g/mol. The van der Waals surface area contributed by atoms with Crippen molar-refractivity contribution in [2.45, 2.75) is 24.5 Å². The highest BCUT2D eigenvalue weighted by Gasteiger charge is 2.11. The third kappa shape index (κ3) is 4.80. The van der Waals surface area contributed by atoms with E-state index in [4.69, 9.17) is 9.26 Å². The van der Waals surface area contributed by atoms with Crippen LogP contribution in [0.2, 0.25) is 0 Å². The fraction of sp³-hybridized carbons (Fsp3) is 0.174. The Morgan fingerprint density at radius 3 is 2.71 bits per heavy atom. The topological polar surface area (TPSA) is 85.8 Å². The van der Waals surface area contributed by atoms with Crippen molar-refractivity contribution < 1.29 is 14.1 Å². The summed E-state index contributed by atoms with van der Waals surface area (Å²) < 4.78 is 11.9. The minimum atomic E-state index is -0.259. The van der Waals surface area contributed by atoms with Gasteiger partial charge < -0.3 is 14.6 Å². The molecule has 2 aromatic carbocycles. The Labute approximate surface area is 183 Å². The first-order valence-corrected chi connectivity index (χ1v) is 10.8. The molecule has 0 saturated heterocycles. The summed E-state index contributed by atoms with van der Waals surface area (Å²) in [6, 6.07) is 17.7. The summed E-state index contributed by atoms with van der Waals surface area (Å²) in [5.74, 6) is 1.62. The van der Waals surface area contributed by atoms with Gasteiger partial charge in [-0.2, -0.15) is 0 Å². The van der Waals surface area contributed by atoms with Crippen molar-refractivity contribution in [3.8, 4) is 5.75 Å². The minimum Gasteiger partial charge on any atom is -0.494 e. The highest BCUT2D eigenvalue weighted by atomic mass is 32.2. The second kappa shape index (κ2) is 9.09. The predicted octanol–water partition coefficient (Wildman–Crippen LogP) is 4.54. The van der Waals surface area contributed by atoms with Gasteiger partial charge in [-0.05, 0) is 50.2 Å². The molecule has 2 aromatic heterocycles. The Bertz CT molecular complexity index is 1280. The maximum absolute atomic E-state index is 12.7. The maximum atomic E-state index is 12.7. The van der Waals surface area contributed by atoms with Crippen LogP contribution in [-0.4, -0.2) is 22.1 Å². The van der Waals surface area contributed by atoms with Gasteiger partial charge in [0, 0.05) is 28.3 Å². The number of anilines is 1. The van der Waals surface area contributed by atoms with Crippen LogP contribution in [0.5, 0.6) is 5.75 Å². The Hall–Kier alpha value is -3.52. The molecule has 31 heavy (non-hydrogen) atoms. The van der Waals surface area contributed by atoms with Gasteiger partial charge in [-0.3, -0.25) is 9.59 Å². The maximum Gasteiger partial charge on any atom is 0.287 e. The molecule has 1 N–H and O–H groups in total. The van der Waals surface area contributed by atoms with Crippen LogP contribution in [0.15, 0.2) is 74.9 Å². The van der Waals surface area contributed by atoms with Crippen LogP contribution in [0, 0.1) is 6.92 Å². The van der Waals surface area contributed by atoms with Gasteiger partial charge >= 0.3 is 0 Å². The first kappa shape index (κ1) is 20.7. The highest BCUT2D eigenvalue weighted by Crippen LogP contribution is 2.30. The number of nitrogens with one attached hydrogen (secondary N) is 1. The Balaban J connectivity index is 1.48. The van der Waals surface area contributed by atoms with Crippen molar-refractivity contribution in [2.24, 2.45) is 0 Å². The average molecular weight is 436 g/mol. The molecule has 1 amide bonds. The van der Waals surface area contributed by atoms with E-state index < -0.39 is 0 Å². The summed E-state index contributed by atoms with van der Waals surface area (Å²) in [6.45, 7) is 4.26. The smallest absolute Gasteiger partial charge is 0.287 e. The number of rotatable bonds is 7. The number of aryl methyl sites for hydroxylation is 1. The Morgan fingerprint density at radius 2 is 1.94 bits per heavy atom. The molecule has 0 aliphatic carbocycles. The molecule has 0 fully saturated rings. The van der Waals surface area contributed by atoms with Crippen LogP contribution >= 0.6 is 11.8 Å². The van der Waals surface area contributed by atoms with Crippen LogP contribution in [0.25, 0.3) is 5.65 Å². The second-order valence-electron chi connectivity index (χ2n) is 6.78. The molecule has 0 bridgehead atoms. The molecule has 0 saturated carbocycles. The molecule has 0 aliphatic rings. The number of nitrogens with zero attached hydrogens (tertiary/aromatic N) is 2. The number of para-hydroxylation sites is 1. The normalized spacial score (nSPS) is 10.9. The molecule has 8 heteroatoms. The van der Waals surface area contributed by atoms with E-state index in [-0.39, 0.29) is 11.5 Å². The van der Waals surface area contributed by atoms with Crippen molar-refractivity contribution in [2.75, 3.05) is 11.9 Å². The zero-order chi connectivity index (χ0) is 21.8. The highest BCUT2D eigenvalue weighted by molar-refractivity contribution is 7.98. The van der Waals surface area contributed by atoms with Crippen molar-refractivity contribution in [3.05, 3.63) is 88.0 Å².